The van der Waals surface area contributed by atoms with Crippen molar-refractivity contribution in [3.05, 3.63) is 42.3 Å². The SMILES string of the molecule is CC(C(=O)Nc1ccnn1C(C)C)N(C)CCOc1ccc(F)cc1. The number of halogens is 1. The van der Waals surface area contributed by atoms with Gasteiger partial charge in [-0.25, -0.2) is 9.07 Å². The Hall–Kier alpha value is -2.41. The lowest BCUT2D eigenvalue weighted by atomic mass is 10.2. The number of hydrogen-bond donors (Lipinski definition) is 1. The number of rotatable bonds is 8. The number of nitrogens with one attached hydrogen (secondary N) is 1. The molecule has 0 fully saturated rings. The number of anilines is 1. The zero-order chi connectivity index (χ0) is 18.4. The molecule has 25 heavy (non-hydrogen) atoms. The molecule has 1 N–H and O–H groups in total. The molecular formula is C18H25FN4O2. The Labute approximate surface area is 147 Å². The van der Waals surface area contributed by atoms with E-state index >= 15 is 0 Å². The van der Waals surface area contributed by atoms with Gasteiger partial charge in [0.2, 0.25) is 5.91 Å². The van der Waals surface area contributed by atoms with Gasteiger partial charge in [0.1, 0.15) is 24.0 Å². The van der Waals surface area contributed by atoms with Crippen molar-refractivity contribution in [3.8, 4) is 5.75 Å². The average Bonchev–Trinajstić information content (AvgIpc) is 3.04. The normalized spacial score (nSPS) is 12.4. The van der Waals surface area contributed by atoms with Crippen LogP contribution in [0, 0.1) is 5.82 Å². The second-order valence-electron chi connectivity index (χ2n) is 6.20. The number of hydrogen-bond acceptors (Lipinski definition) is 4. The second-order valence-corrected chi connectivity index (χ2v) is 6.20. The van der Waals surface area contributed by atoms with Gasteiger partial charge in [-0.2, -0.15) is 5.10 Å². The lowest BCUT2D eigenvalue weighted by Crippen LogP contribution is -2.41. The molecule has 1 unspecified atom stereocenters. The summed E-state index contributed by atoms with van der Waals surface area (Å²) in [6.45, 7) is 6.82. The monoisotopic (exact) mass is 348 g/mol. The fourth-order valence-corrected chi connectivity index (χ4v) is 2.29. The summed E-state index contributed by atoms with van der Waals surface area (Å²) < 4.78 is 20.2. The number of nitrogens with zero attached hydrogens (tertiary/aromatic N) is 3. The Bertz CT molecular complexity index is 685. The third-order valence-electron chi connectivity index (χ3n) is 3.98. The van der Waals surface area contributed by atoms with Gasteiger partial charge in [-0.1, -0.05) is 0 Å². The Morgan fingerprint density at radius 3 is 2.60 bits per heavy atom. The summed E-state index contributed by atoms with van der Waals surface area (Å²) in [4.78, 5) is 14.3. The molecule has 1 atom stereocenters. The summed E-state index contributed by atoms with van der Waals surface area (Å²) in [5, 5.41) is 7.11. The van der Waals surface area contributed by atoms with Gasteiger partial charge in [-0.05, 0) is 52.1 Å². The number of amides is 1. The maximum Gasteiger partial charge on any atom is 0.242 e. The first-order valence-corrected chi connectivity index (χ1v) is 8.31. The van der Waals surface area contributed by atoms with Gasteiger partial charge in [0.05, 0.1) is 12.2 Å². The van der Waals surface area contributed by atoms with Crippen molar-refractivity contribution in [1.82, 2.24) is 14.7 Å². The molecule has 0 spiro atoms. The third-order valence-corrected chi connectivity index (χ3v) is 3.98. The van der Waals surface area contributed by atoms with E-state index in [-0.39, 0.29) is 23.8 Å². The van der Waals surface area contributed by atoms with E-state index in [2.05, 4.69) is 10.4 Å². The number of aromatic nitrogens is 2. The van der Waals surface area contributed by atoms with E-state index in [1.54, 1.807) is 29.1 Å². The molecule has 1 aromatic carbocycles. The highest BCUT2D eigenvalue weighted by Crippen LogP contribution is 2.14. The van der Waals surface area contributed by atoms with Gasteiger partial charge >= 0.3 is 0 Å². The van der Waals surface area contributed by atoms with Crippen LogP contribution in [0.2, 0.25) is 0 Å². The smallest absolute Gasteiger partial charge is 0.242 e. The Morgan fingerprint density at radius 2 is 1.96 bits per heavy atom. The van der Waals surface area contributed by atoms with E-state index in [1.165, 1.54) is 12.1 Å². The van der Waals surface area contributed by atoms with Crippen LogP contribution in [-0.4, -0.2) is 46.8 Å². The van der Waals surface area contributed by atoms with Crippen molar-refractivity contribution in [2.45, 2.75) is 32.9 Å². The largest absolute Gasteiger partial charge is 0.492 e. The van der Waals surface area contributed by atoms with Crippen LogP contribution in [0.5, 0.6) is 5.75 Å². The van der Waals surface area contributed by atoms with E-state index in [4.69, 9.17) is 4.74 Å². The molecule has 6 nitrogen and oxygen atoms in total. The quantitative estimate of drug-likeness (QED) is 0.797. The van der Waals surface area contributed by atoms with E-state index < -0.39 is 0 Å². The molecule has 136 valence electrons. The molecule has 0 bridgehead atoms. The number of carbonyl (C=O) groups is 1. The molecule has 2 aromatic rings. The molecule has 0 aliphatic heterocycles. The van der Waals surface area contributed by atoms with Crippen LogP contribution in [0.25, 0.3) is 0 Å². The van der Waals surface area contributed by atoms with Crippen molar-refractivity contribution < 1.29 is 13.9 Å². The first kappa shape index (κ1) is 18.9. The second kappa shape index (κ2) is 8.62. The van der Waals surface area contributed by atoms with Crippen LogP contribution in [0.3, 0.4) is 0 Å². The van der Waals surface area contributed by atoms with Crippen LogP contribution >= 0.6 is 0 Å². The highest BCUT2D eigenvalue weighted by Gasteiger charge is 2.19. The third kappa shape index (κ3) is 5.29. The van der Waals surface area contributed by atoms with E-state index in [1.807, 2.05) is 32.7 Å². The molecule has 0 saturated carbocycles. The van der Waals surface area contributed by atoms with Gasteiger partial charge < -0.3 is 10.1 Å². The van der Waals surface area contributed by atoms with Gasteiger partial charge in [-0.15, -0.1) is 0 Å². The lowest BCUT2D eigenvalue weighted by molar-refractivity contribution is -0.120. The predicted molar refractivity (Wildman–Crippen MR) is 95.2 cm³/mol. The molecule has 0 saturated heterocycles. The number of likely N-dealkylation sites (N-methyl/N-ethyl adjacent to an activating group) is 1. The predicted octanol–water partition coefficient (Wildman–Crippen LogP) is 2.94. The Balaban J connectivity index is 1.82. The van der Waals surface area contributed by atoms with Crippen molar-refractivity contribution >= 4 is 11.7 Å². The molecule has 1 heterocycles. The summed E-state index contributed by atoms with van der Waals surface area (Å²) in [7, 11) is 1.86. The van der Waals surface area contributed by atoms with Crippen LogP contribution < -0.4 is 10.1 Å². The standard InChI is InChI=1S/C18H25FN4O2/c1-13(2)23-17(9-10-20-23)21-18(24)14(3)22(4)11-12-25-16-7-5-15(19)6-8-16/h5-10,13-14H,11-12H2,1-4H3,(H,21,24). The molecular weight excluding hydrogens is 323 g/mol. The molecule has 1 amide bonds. The number of benzene rings is 1. The number of carbonyl (C=O) groups excluding carboxylic acids is 1. The zero-order valence-electron chi connectivity index (χ0n) is 15.1. The minimum atomic E-state index is -0.327. The summed E-state index contributed by atoms with van der Waals surface area (Å²) in [5.74, 6) is 0.887. The van der Waals surface area contributed by atoms with Crippen LogP contribution in [0.15, 0.2) is 36.5 Å². The number of ether oxygens (including phenoxy) is 1. The first-order valence-electron chi connectivity index (χ1n) is 8.31. The maximum atomic E-state index is 12.9. The van der Waals surface area contributed by atoms with Crippen molar-refractivity contribution in [3.63, 3.8) is 0 Å². The Kier molecular flexibility index (Phi) is 6.52. The highest BCUT2D eigenvalue weighted by atomic mass is 19.1. The van der Waals surface area contributed by atoms with Crippen LogP contribution in [0.4, 0.5) is 10.2 Å². The summed E-state index contributed by atoms with van der Waals surface area (Å²) in [6.07, 6.45) is 1.67. The van der Waals surface area contributed by atoms with Gasteiger partial charge in [0, 0.05) is 18.7 Å². The molecule has 7 heteroatoms. The van der Waals surface area contributed by atoms with Crippen molar-refractivity contribution in [2.75, 3.05) is 25.5 Å². The minimum Gasteiger partial charge on any atom is -0.492 e. The fourth-order valence-electron chi connectivity index (χ4n) is 2.29. The molecule has 0 radical (unpaired) electrons. The molecule has 0 aliphatic rings. The topological polar surface area (TPSA) is 59.4 Å². The van der Waals surface area contributed by atoms with Crippen LogP contribution in [0.1, 0.15) is 26.8 Å². The molecule has 0 aliphatic carbocycles. The summed E-state index contributed by atoms with van der Waals surface area (Å²) in [5.41, 5.74) is 0. The van der Waals surface area contributed by atoms with Gasteiger partial charge in [-0.3, -0.25) is 9.69 Å². The van der Waals surface area contributed by atoms with Crippen LogP contribution in [-0.2, 0) is 4.79 Å². The van der Waals surface area contributed by atoms with Gasteiger partial charge in [0.25, 0.3) is 0 Å². The van der Waals surface area contributed by atoms with E-state index in [9.17, 15) is 9.18 Å². The fraction of sp³-hybridized carbons (Fsp3) is 0.444. The van der Waals surface area contributed by atoms with Crippen molar-refractivity contribution in [2.24, 2.45) is 0 Å². The molecule has 2 rings (SSSR count). The highest BCUT2D eigenvalue weighted by molar-refractivity contribution is 5.93. The lowest BCUT2D eigenvalue weighted by Gasteiger charge is -2.24. The van der Waals surface area contributed by atoms with E-state index in [0.717, 1.165) is 0 Å². The molecule has 1 aromatic heterocycles. The summed E-state index contributed by atoms with van der Waals surface area (Å²) in [6, 6.07) is 7.49. The zero-order valence-corrected chi connectivity index (χ0v) is 15.1. The van der Waals surface area contributed by atoms with E-state index in [0.29, 0.717) is 24.7 Å². The van der Waals surface area contributed by atoms with Gasteiger partial charge in [0.15, 0.2) is 0 Å². The average molecular weight is 348 g/mol. The Morgan fingerprint density at radius 1 is 1.28 bits per heavy atom. The van der Waals surface area contributed by atoms with Crippen molar-refractivity contribution in [1.29, 1.82) is 0 Å². The maximum absolute atomic E-state index is 12.9. The minimum absolute atomic E-state index is 0.105. The first-order chi connectivity index (χ1) is 11.9. The summed E-state index contributed by atoms with van der Waals surface area (Å²) >= 11 is 0.